The third-order valence-electron chi connectivity index (χ3n) is 6.24. The number of anilines is 1. The van der Waals surface area contributed by atoms with Crippen molar-refractivity contribution >= 4 is 16.7 Å². The molecule has 146 valence electrons. The number of nitrogens with zero attached hydrogens (tertiary/aromatic N) is 5. The maximum Gasteiger partial charge on any atom is 0.261 e. The molecule has 1 aromatic carbocycles. The zero-order valence-corrected chi connectivity index (χ0v) is 16.6. The predicted octanol–water partition coefficient (Wildman–Crippen LogP) is 3.42. The van der Waals surface area contributed by atoms with Crippen LogP contribution in [0.2, 0.25) is 0 Å². The van der Waals surface area contributed by atoms with E-state index in [-0.39, 0.29) is 11.6 Å². The Labute approximate surface area is 169 Å². The molecule has 3 aromatic rings. The van der Waals surface area contributed by atoms with Gasteiger partial charge in [-0.1, -0.05) is 12.1 Å². The Balaban J connectivity index is 1.64. The van der Waals surface area contributed by atoms with Gasteiger partial charge in [-0.2, -0.15) is 5.26 Å². The molecule has 6 nitrogen and oxygen atoms in total. The lowest BCUT2D eigenvalue weighted by Gasteiger charge is -2.29. The maximum atomic E-state index is 12.9. The third-order valence-corrected chi connectivity index (χ3v) is 6.24. The third kappa shape index (κ3) is 2.89. The summed E-state index contributed by atoms with van der Waals surface area (Å²) >= 11 is 0. The lowest BCUT2D eigenvalue weighted by Crippen LogP contribution is -2.32. The first kappa shape index (κ1) is 17.9. The molecule has 0 radical (unpaired) electrons. The van der Waals surface area contributed by atoms with Crippen LogP contribution in [0.25, 0.3) is 10.9 Å². The van der Waals surface area contributed by atoms with E-state index in [0.717, 1.165) is 67.9 Å². The summed E-state index contributed by atoms with van der Waals surface area (Å²) in [5.74, 6) is 1.49. The quantitative estimate of drug-likeness (QED) is 0.676. The zero-order valence-electron chi connectivity index (χ0n) is 16.6. The molecule has 1 unspecified atom stereocenters. The first-order valence-corrected chi connectivity index (χ1v) is 10.3. The first-order valence-electron chi connectivity index (χ1n) is 10.3. The van der Waals surface area contributed by atoms with Crippen molar-refractivity contribution in [2.24, 2.45) is 7.05 Å². The highest BCUT2D eigenvalue weighted by Crippen LogP contribution is 2.37. The molecule has 1 atom stereocenters. The van der Waals surface area contributed by atoms with Crippen LogP contribution < -0.4 is 10.5 Å². The van der Waals surface area contributed by atoms with Crippen molar-refractivity contribution in [3.05, 3.63) is 63.3 Å². The zero-order chi connectivity index (χ0) is 20.0. The van der Waals surface area contributed by atoms with E-state index in [1.807, 2.05) is 30.3 Å². The Bertz CT molecular complexity index is 1210. The number of para-hydroxylation sites is 1. The van der Waals surface area contributed by atoms with Crippen LogP contribution in [0.5, 0.6) is 0 Å². The Morgan fingerprint density at radius 3 is 2.83 bits per heavy atom. The van der Waals surface area contributed by atoms with Crippen LogP contribution in [-0.4, -0.2) is 21.1 Å². The lowest BCUT2D eigenvalue weighted by molar-refractivity contribution is 0.603. The van der Waals surface area contributed by atoms with E-state index < -0.39 is 0 Å². The second-order valence-corrected chi connectivity index (χ2v) is 7.99. The SMILES string of the molecule is Cn1c(C2CCCN2c2nc3c(cc2C#N)CCCC3)nc2ccccc2c1=O. The molecule has 5 rings (SSSR count). The highest BCUT2D eigenvalue weighted by molar-refractivity contribution is 5.77. The topological polar surface area (TPSA) is 74.8 Å². The van der Waals surface area contributed by atoms with Gasteiger partial charge in [-0.3, -0.25) is 9.36 Å². The molecule has 1 saturated heterocycles. The van der Waals surface area contributed by atoms with Gasteiger partial charge in [-0.25, -0.2) is 9.97 Å². The predicted molar refractivity (Wildman–Crippen MR) is 112 cm³/mol. The number of benzene rings is 1. The largest absolute Gasteiger partial charge is 0.345 e. The van der Waals surface area contributed by atoms with E-state index in [2.05, 4.69) is 11.0 Å². The summed E-state index contributed by atoms with van der Waals surface area (Å²) in [5.41, 5.74) is 3.65. The average molecular weight is 385 g/mol. The van der Waals surface area contributed by atoms with E-state index >= 15 is 0 Å². The van der Waals surface area contributed by atoms with Crippen LogP contribution >= 0.6 is 0 Å². The van der Waals surface area contributed by atoms with E-state index in [9.17, 15) is 10.1 Å². The van der Waals surface area contributed by atoms with Crippen LogP contribution in [0, 0.1) is 11.3 Å². The van der Waals surface area contributed by atoms with Crippen LogP contribution in [0.1, 0.15) is 54.4 Å². The minimum atomic E-state index is -0.0569. The Morgan fingerprint density at radius 2 is 1.97 bits per heavy atom. The summed E-state index contributed by atoms with van der Waals surface area (Å²) in [7, 11) is 1.79. The van der Waals surface area contributed by atoms with Gasteiger partial charge in [0.1, 0.15) is 17.7 Å². The number of hydrogen-bond donors (Lipinski definition) is 0. The number of aryl methyl sites for hydroxylation is 2. The number of pyridine rings is 1. The molecule has 0 amide bonds. The van der Waals surface area contributed by atoms with E-state index in [1.54, 1.807) is 11.6 Å². The standard InChI is InChI=1S/C23H23N5O/c1-27-22(26-19-10-5-3-8-17(19)23(27)29)20-11-6-12-28(20)21-16(14-24)13-15-7-2-4-9-18(15)25-21/h3,5,8,10,13,20H,2,4,6-7,9,11-12H2,1H3. The van der Waals surface area contributed by atoms with E-state index in [1.165, 1.54) is 5.56 Å². The Morgan fingerprint density at radius 1 is 1.14 bits per heavy atom. The van der Waals surface area contributed by atoms with Gasteiger partial charge in [-0.15, -0.1) is 0 Å². The fourth-order valence-electron chi connectivity index (χ4n) is 4.75. The molecule has 29 heavy (non-hydrogen) atoms. The smallest absolute Gasteiger partial charge is 0.261 e. The molecule has 1 aliphatic carbocycles. The number of hydrogen-bond acceptors (Lipinski definition) is 5. The van der Waals surface area contributed by atoms with Crippen LogP contribution in [0.3, 0.4) is 0 Å². The monoisotopic (exact) mass is 385 g/mol. The first-order chi connectivity index (χ1) is 14.2. The molecular formula is C23H23N5O. The lowest BCUT2D eigenvalue weighted by atomic mass is 9.94. The van der Waals surface area contributed by atoms with Crippen molar-refractivity contribution in [3.63, 3.8) is 0 Å². The van der Waals surface area contributed by atoms with Crippen molar-refractivity contribution < 1.29 is 0 Å². The van der Waals surface area contributed by atoms with Gasteiger partial charge in [0.05, 0.1) is 22.5 Å². The highest BCUT2D eigenvalue weighted by atomic mass is 16.1. The van der Waals surface area contributed by atoms with E-state index in [4.69, 9.17) is 9.97 Å². The molecule has 0 spiro atoms. The summed E-state index contributed by atoms with van der Waals surface area (Å²) in [6, 6.07) is 11.8. The summed E-state index contributed by atoms with van der Waals surface area (Å²) in [6.45, 7) is 0.813. The fourth-order valence-corrected chi connectivity index (χ4v) is 4.75. The van der Waals surface area contributed by atoms with Gasteiger partial charge in [0.25, 0.3) is 5.56 Å². The molecule has 6 heteroatoms. The molecular weight excluding hydrogens is 362 g/mol. The molecule has 1 fully saturated rings. The Hall–Kier alpha value is -3.20. The number of nitriles is 1. The molecule has 0 N–H and O–H groups in total. The van der Waals surface area contributed by atoms with Crippen molar-refractivity contribution in [2.75, 3.05) is 11.4 Å². The summed E-state index contributed by atoms with van der Waals surface area (Å²) in [6.07, 6.45) is 6.16. The van der Waals surface area contributed by atoms with Crippen molar-refractivity contribution in [1.82, 2.24) is 14.5 Å². The van der Waals surface area contributed by atoms with Crippen molar-refractivity contribution in [2.45, 2.75) is 44.6 Å². The van der Waals surface area contributed by atoms with Gasteiger partial charge >= 0.3 is 0 Å². The van der Waals surface area contributed by atoms with Crippen molar-refractivity contribution in [1.29, 1.82) is 5.26 Å². The second kappa shape index (κ2) is 7.00. The molecule has 1 aliphatic heterocycles. The summed E-state index contributed by atoms with van der Waals surface area (Å²) < 4.78 is 1.66. The molecule has 2 aliphatic rings. The van der Waals surface area contributed by atoms with Gasteiger partial charge in [0, 0.05) is 19.3 Å². The van der Waals surface area contributed by atoms with Crippen molar-refractivity contribution in [3.8, 4) is 6.07 Å². The molecule has 2 aromatic heterocycles. The summed E-state index contributed by atoms with van der Waals surface area (Å²) in [5, 5.41) is 10.4. The summed E-state index contributed by atoms with van der Waals surface area (Å²) in [4.78, 5) is 24.9. The average Bonchev–Trinajstić information content (AvgIpc) is 3.24. The number of fused-ring (bicyclic) bond motifs is 2. The van der Waals surface area contributed by atoms with Gasteiger partial charge < -0.3 is 4.90 Å². The second-order valence-electron chi connectivity index (χ2n) is 7.99. The molecule has 0 bridgehead atoms. The minimum absolute atomic E-state index is 0.0312. The van der Waals surface area contributed by atoms with Crippen LogP contribution in [0.4, 0.5) is 5.82 Å². The van der Waals surface area contributed by atoms with Gasteiger partial charge in [0.2, 0.25) is 0 Å². The number of rotatable bonds is 2. The Kier molecular flexibility index (Phi) is 4.31. The highest BCUT2D eigenvalue weighted by Gasteiger charge is 2.33. The fraction of sp³-hybridized carbons (Fsp3) is 0.391. The maximum absolute atomic E-state index is 12.9. The van der Waals surface area contributed by atoms with E-state index in [0.29, 0.717) is 10.9 Å². The van der Waals surface area contributed by atoms with Crippen LogP contribution in [0.15, 0.2) is 35.1 Å². The minimum Gasteiger partial charge on any atom is -0.345 e. The molecule has 0 saturated carbocycles. The molecule has 3 heterocycles. The normalized spacial score (nSPS) is 18.6. The number of aromatic nitrogens is 3. The van der Waals surface area contributed by atoms with Gasteiger partial charge in [0.15, 0.2) is 0 Å². The van der Waals surface area contributed by atoms with Crippen LogP contribution in [-0.2, 0) is 19.9 Å². The van der Waals surface area contributed by atoms with Gasteiger partial charge in [-0.05, 0) is 62.3 Å².